The fourth-order valence-electron chi connectivity index (χ4n) is 3.51. The zero-order chi connectivity index (χ0) is 23.5. The Kier molecular flexibility index (Phi) is 6.29. The molecule has 1 fully saturated rings. The number of aryl methyl sites for hydroxylation is 1. The molecule has 1 heterocycles. The van der Waals surface area contributed by atoms with Gasteiger partial charge in [-0.3, -0.25) is 14.9 Å². The zero-order valence-corrected chi connectivity index (χ0v) is 18.8. The van der Waals surface area contributed by atoms with Crippen LogP contribution < -0.4 is 15.0 Å². The van der Waals surface area contributed by atoms with Crippen LogP contribution in [0.25, 0.3) is 6.08 Å². The first-order valence-corrected chi connectivity index (χ1v) is 10.7. The van der Waals surface area contributed by atoms with Crippen LogP contribution in [0.4, 0.5) is 10.5 Å². The number of hydrogen-bond donors (Lipinski definition) is 1. The van der Waals surface area contributed by atoms with Crippen molar-refractivity contribution in [3.8, 4) is 5.75 Å². The van der Waals surface area contributed by atoms with Gasteiger partial charge in [0, 0.05) is 16.1 Å². The summed E-state index contributed by atoms with van der Waals surface area (Å²) in [5.41, 5.74) is 3.30. The number of barbiturate groups is 1. The molecule has 0 aliphatic carbocycles. The van der Waals surface area contributed by atoms with Crippen molar-refractivity contribution in [3.63, 3.8) is 0 Å². The maximum absolute atomic E-state index is 13.3. The number of benzene rings is 3. The zero-order valence-electron chi connectivity index (χ0n) is 18.1. The fraction of sp³-hybridized carbons (Fsp3) is 0.115. The number of imide groups is 2. The summed E-state index contributed by atoms with van der Waals surface area (Å²) in [6.07, 6.45) is 1.43. The Balaban J connectivity index is 1.67. The molecule has 3 aromatic rings. The van der Waals surface area contributed by atoms with Crippen molar-refractivity contribution < 1.29 is 19.1 Å². The van der Waals surface area contributed by atoms with Crippen LogP contribution in [0, 0.1) is 13.8 Å². The van der Waals surface area contributed by atoms with Crippen LogP contribution in [0.1, 0.15) is 22.3 Å². The molecular formula is C26H21ClN2O4. The van der Waals surface area contributed by atoms with E-state index in [0.29, 0.717) is 22.0 Å². The van der Waals surface area contributed by atoms with E-state index in [4.69, 9.17) is 16.3 Å². The smallest absolute Gasteiger partial charge is 0.335 e. The minimum atomic E-state index is -0.779. The fourth-order valence-corrected chi connectivity index (χ4v) is 3.70. The minimum absolute atomic E-state index is 0.163. The summed E-state index contributed by atoms with van der Waals surface area (Å²) in [6.45, 7) is 3.93. The Bertz CT molecular complexity index is 1300. The molecule has 33 heavy (non-hydrogen) atoms. The first-order valence-electron chi connectivity index (χ1n) is 10.3. The maximum Gasteiger partial charge on any atom is 0.335 e. The largest absolute Gasteiger partial charge is 0.488 e. The first kappa shape index (κ1) is 22.3. The average Bonchev–Trinajstić information content (AvgIpc) is 2.79. The van der Waals surface area contributed by atoms with Crippen molar-refractivity contribution in [3.05, 3.63) is 99.6 Å². The molecule has 0 aromatic heterocycles. The summed E-state index contributed by atoms with van der Waals surface area (Å²) < 4.78 is 5.93. The summed E-state index contributed by atoms with van der Waals surface area (Å²) >= 11 is 6.21. The number of hydrogen-bond acceptors (Lipinski definition) is 4. The molecule has 1 aliphatic heterocycles. The van der Waals surface area contributed by atoms with E-state index in [2.05, 4.69) is 5.32 Å². The van der Waals surface area contributed by atoms with Gasteiger partial charge in [0.15, 0.2) is 0 Å². The van der Waals surface area contributed by atoms with E-state index in [9.17, 15) is 14.4 Å². The van der Waals surface area contributed by atoms with Crippen molar-refractivity contribution in [2.45, 2.75) is 20.5 Å². The standard InChI is InChI=1S/C26H21ClN2O4/c1-16-8-7-12-22(17(16)2)29-25(31)20(24(30)28-26(29)32)14-18-9-4-6-13-23(18)33-15-19-10-3-5-11-21(19)27/h3-14H,15H2,1-2H3,(H,28,30,32)/b20-14+. The summed E-state index contributed by atoms with van der Waals surface area (Å²) in [6, 6.07) is 18.9. The minimum Gasteiger partial charge on any atom is -0.488 e. The van der Waals surface area contributed by atoms with Gasteiger partial charge in [0.2, 0.25) is 0 Å². The van der Waals surface area contributed by atoms with Crippen molar-refractivity contribution in [1.29, 1.82) is 0 Å². The Morgan fingerprint density at radius 2 is 1.67 bits per heavy atom. The molecule has 1 aliphatic rings. The number of amides is 4. The SMILES string of the molecule is Cc1cccc(N2C(=O)NC(=O)/C(=C\c3ccccc3OCc3ccccc3Cl)C2=O)c1C. The van der Waals surface area contributed by atoms with Gasteiger partial charge in [-0.2, -0.15) is 0 Å². The third kappa shape index (κ3) is 4.52. The Morgan fingerprint density at radius 1 is 0.939 bits per heavy atom. The van der Waals surface area contributed by atoms with Gasteiger partial charge in [-0.1, -0.05) is 60.1 Å². The topological polar surface area (TPSA) is 75.7 Å². The van der Waals surface area contributed by atoms with Gasteiger partial charge in [-0.05, 0) is 49.2 Å². The summed E-state index contributed by atoms with van der Waals surface area (Å²) in [5.74, 6) is -0.980. The number of rotatable bonds is 5. The summed E-state index contributed by atoms with van der Waals surface area (Å²) in [5, 5.41) is 2.84. The van der Waals surface area contributed by atoms with Crippen molar-refractivity contribution in [2.75, 3.05) is 4.90 Å². The maximum atomic E-state index is 13.3. The van der Waals surface area contributed by atoms with E-state index in [1.807, 2.05) is 38.1 Å². The number of anilines is 1. The molecule has 0 saturated carbocycles. The molecule has 0 spiro atoms. The molecule has 6 nitrogen and oxygen atoms in total. The van der Waals surface area contributed by atoms with Gasteiger partial charge in [0.1, 0.15) is 17.9 Å². The third-order valence-corrected chi connectivity index (χ3v) is 5.85. The highest BCUT2D eigenvalue weighted by Gasteiger charge is 2.37. The number of nitrogens with one attached hydrogen (secondary N) is 1. The van der Waals surface area contributed by atoms with Gasteiger partial charge < -0.3 is 4.74 Å². The number of nitrogens with zero attached hydrogens (tertiary/aromatic N) is 1. The Morgan fingerprint density at radius 3 is 2.45 bits per heavy atom. The van der Waals surface area contributed by atoms with E-state index in [0.717, 1.165) is 21.6 Å². The molecular weight excluding hydrogens is 440 g/mol. The third-order valence-electron chi connectivity index (χ3n) is 5.48. The van der Waals surface area contributed by atoms with Crippen LogP contribution in [0.15, 0.2) is 72.3 Å². The second kappa shape index (κ2) is 9.30. The highest BCUT2D eigenvalue weighted by Crippen LogP contribution is 2.29. The monoisotopic (exact) mass is 460 g/mol. The number of urea groups is 1. The number of halogens is 1. The molecule has 1 N–H and O–H groups in total. The summed E-state index contributed by atoms with van der Waals surface area (Å²) in [4.78, 5) is 39.4. The lowest BCUT2D eigenvalue weighted by Crippen LogP contribution is -2.54. The normalized spacial score (nSPS) is 15.1. The number of para-hydroxylation sites is 1. The molecule has 1 saturated heterocycles. The van der Waals surface area contributed by atoms with Gasteiger partial charge in [0.25, 0.3) is 11.8 Å². The van der Waals surface area contributed by atoms with E-state index in [-0.39, 0.29) is 12.2 Å². The predicted molar refractivity (Wildman–Crippen MR) is 127 cm³/mol. The number of carbonyl (C=O) groups is 3. The Labute approximate surface area is 196 Å². The molecule has 0 radical (unpaired) electrons. The van der Waals surface area contributed by atoms with E-state index >= 15 is 0 Å². The lowest BCUT2D eigenvalue weighted by Gasteiger charge is -2.28. The molecule has 166 valence electrons. The lowest BCUT2D eigenvalue weighted by atomic mass is 10.0. The van der Waals surface area contributed by atoms with Gasteiger partial charge >= 0.3 is 6.03 Å². The van der Waals surface area contributed by atoms with Crippen LogP contribution in [-0.2, 0) is 16.2 Å². The number of carbonyl (C=O) groups excluding carboxylic acids is 3. The summed E-state index contributed by atoms with van der Waals surface area (Å²) in [7, 11) is 0. The quantitative estimate of drug-likeness (QED) is 0.419. The highest BCUT2D eigenvalue weighted by molar-refractivity contribution is 6.39. The molecule has 3 aromatic carbocycles. The van der Waals surface area contributed by atoms with Crippen LogP contribution in [-0.4, -0.2) is 17.8 Å². The lowest BCUT2D eigenvalue weighted by molar-refractivity contribution is -0.122. The highest BCUT2D eigenvalue weighted by atomic mass is 35.5. The van der Waals surface area contributed by atoms with Gasteiger partial charge in [-0.15, -0.1) is 0 Å². The van der Waals surface area contributed by atoms with E-state index < -0.39 is 17.8 Å². The molecule has 0 unspecified atom stereocenters. The van der Waals surface area contributed by atoms with Gasteiger partial charge in [0.05, 0.1) is 5.69 Å². The average molecular weight is 461 g/mol. The first-order chi connectivity index (χ1) is 15.9. The number of ether oxygens (including phenoxy) is 1. The predicted octanol–water partition coefficient (Wildman–Crippen LogP) is 5.20. The van der Waals surface area contributed by atoms with Crippen LogP contribution in [0.2, 0.25) is 5.02 Å². The second-order valence-electron chi connectivity index (χ2n) is 7.59. The molecule has 0 atom stereocenters. The van der Waals surface area contributed by atoms with Gasteiger partial charge in [-0.25, -0.2) is 9.69 Å². The molecule has 0 bridgehead atoms. The van der Waals surface area contributed by atoms with Crippen molar-refractivity contribution >= 4 is 41.2 Å². The van der Waals surface area contributed by atoms with E-state index in [1.54, 1.807) is 42.5 Å². The van der Waals surface area contributed by atoms with E-state index in [1.165, 1.54) is 6.08 Å². The van der Waals surface area contributed by atoms with Crippen LogP contribution in [0.3, 0.4) is 0 Å². The Hall–Kier alpha value is -3.90. The van der Waals surface area contributed by atoms with Crippen molar-refractivity contribution in [1.82, 2.24) is 5.32 Å². The molecule has 7 heteroatoms. The molecule has 4 amide bonds. The van der Waals surface area contributed by atoms with Crippen molar-refractivity contribution in [2.24, 2.45) is 0 Å². The molecule has 4 rings (SSSR count). The second-order valence-corrected chi connectivity index (χ2v) is 8.00. The van der Waals surface area contributed by atoms with Crippen LogP contribution >= 0.6 is 11.6 Å². The van der Waals surface area contributed by atoms with Crippen LogP contribution in [0.5, 0.6) is 5.75 Å².